The van der Waals surface area contributed by atoms with Gasteiger partial charge < -0.3 is 28.8 Å². The largest absolute Gasteiger partial charge is 0.474 e. The van der Waals surface area contributed by atoms with Crippen molar-refractivity contribution in [2.24, 2.45) is 13.0 Å². The molecule has 8 nitrogen and oxygen atoms in total. The Kier molecular flexibility index (Phi) is 6.94. The average molecular weight is 529 g/mol. The lowest BCUT2D eigenvalue weighted by Crippen LogP contribution is -2.49. The zero-order valence-electron chi connectivity index (χ0n) is 22.4. The summed E-state index contributed by atoms with van der Waals surface area (Å²) in [5, 5.41) is 5.60. The van der Waals surface area contributed by atoms with Crippen LogP contribution in [0.15, 0.2) is 55.0 Å². The topological polar surface area (TPSA) is 79.7 Å². The summed E-state index contributed by atoms with van der Waals surface area (Å²) in [7, 11) is 2.10. The van der Waals surface area contributed by atoms with Gasteiger partial charge in [0.05, 0.1) is 37.0 Å². The lowest BCUT2D eigenvalue weighted by Gasteiger charge is -2.39. The molecule has 1 saturated heterocycles. The number of hydrogen-bond acceptors (Lipinski definition) is 7. The molecule has 3 aliphatic rings. The smallest absolute Gasteiger partial charge is 0.213 e. The molecule has 3 fully saturated rings. The number of pyridine rings is 2. The predicted molar refractivity (Wildman–Crippen MR) is 150 cm³/mol. The number of benzene rings is 1. The van der Waals surface area contributed by atoms with Crippen molar-refractivity contribution in [2.75, 3.05) is 32.9 Å². The van der Waals surface area contributed by atoms with Crippen LogP contribution in [0, 0.1) is 5.92 Å². The zero-order valence-corrected chi connectivity index (χ0v) is 22.4. The third kappa shape index (κ3) is 5.26. The van der Waals surface area contributed by atoms with Crippen LogP contribution in [0.1, 0.15) is 25.7 Å². The average Bonchev–Trinajstić information content (AvgIpc) is 3.18. The number of hydrogen-bond donors (Lipinski definition) is 1. The number of nitrogens with zero attached hydrogens (tertiary/aromatic N) is 3. The van der Waals surface area contributed by atoms with Crippen LogP contribution in [0.3, 0.4) is 0 Å². The van der Waals surface area contributed by atoms with Crippen LogP contribution < -0.4 is 10.1 Å². The highest BCUT2D eigenvalue weighted by Gasteiger charge is 2.35. The second-order valence-electron chi connectivity index (χ2n) is 11.2. The summed E-state index contributed by atoms with van der Waals surface area (Å²) in [5.41, 5.74) is 4.59. The molecule has 1 aliphatic heterocycles. The molecule has 0 spiro atoms. The summed E-state index contributed by atoms with van der Waals surface area (Å²) in [6, 6.07) is 12.7. The summed E-state index contributed by atoms with van der Waals surface area (Å²) in [6.07, 6.45) is 11.0. The first-order valence-electron chi connectivity index (χ1n) is 14.2. The van der Waals surface area contributed by atoms with Crippen LogP contribution in [0.5, 0.6) is 5.88 Å². The minimum absolute atomic E-state index is 0.178. The van der Waals surface area contributed by atoms with Crippen molar-refractivity contribution in [2.45, 2.75) is 50.1 Å². The van der Waals surface area contributed by atoms with Gasteiger partial charge in [-0.1, -0.05) is 12.1 Å². The molecule has 0 bridgehead atoms. The van der Waals surface area contributed by atoms with Gasteiger partial charge in [0.25, 0.3) is 0 Å². The third-order valence-electron chi connectivity index (χ3n) is 8.51. The number of aromatic nitrogens is 3. The van der Waals surface area contributed by atoms with Crippen molar-refractivity contribution >= 4 is 21.8 Å². The van der Waals surface area contributed by atoms with E-state index in [4.69, 9.17) is 18.9 Å². The van der Waals surface area contributed by atoms with Gasteiger partial charge in [-0.05, 0) is 42.5 Å². The Labute approximate surface area is 228 Å². The van der Waals surface area contributed by atoms with E-state index in [2.05, 4.69) is 57.2 Å². The van der Waals surface area contributed by atoms with Crippen molar-refractivity contribution in [1.82, 2.24) is 19.9 Å². The van der Waals surface area contributed by atoms with E-state index in [0.29, 0.717) is 43.3 Å². The van der Waals surface area contributed by atoms with Crippen molar-refractivity contribution in [3.63, 3.8) is 0 Å². The third-order valence-corrected chi connectivity index (χ3v) is 8.51. The van der Waals surface area contributed by atoms with Gasteiger partial charge in [0.1, 0.15) is 6.10 Å². The Hall–Kier alpha value is -3.04. The summed E-state index contributed by atoms with van der Waals surface area (Å²) in [5.74, 6) is 1.29. The fourth-order valence-corrected chi connectivity index (χ4v) is 5.80. The van der Waals surface area contributed by atoms with E-state index in [9.17, 15) is 0 Å². The van der Waals surface area contributed by atoms with Crippen LogP contribution in [0.2, 0.25) is 0 Å². The van der Waals surface area contributed by atoms with Gasteiger partial charge in [-0.15, -0.1) is 0 Å². The van der Waals surface area contributed by atoms with Crippen molar-refractivity contribution < 1.29 is 18.9 Å². The summed E-state index contributed by atoms with van der Waals surface area (Å²) >= 11 is 0. The van der Waals surface area contributed by atoms with E-state index >= 15 is 0 Å². The Bertz CT molecular complexity index is 1420. The molecule has 39 heavy (non-hydrogen) atoms. The molecule has 1 N–H and O–H groups in total. The monoisotopic (exact) mass is 528 g/mol. The fraction of sp³-hybridized carbons (Fsp3) is 0.484. The first kappa shape index (κ1) is 25.0. The predicted octanol–water partition coefficient (Wildman–Crippen LogP) is 4.50. The highest BCUT2D eigenvalue weighted by Crippen LogP contribution is 2.34. The van der Waals surface area contributed by atoms with Crippen molar-refractivity contribution in [1.29, 1.82) is 0 Å². The highest BCUT2D eigenvalue weighted by atomic mass is 16.5. The normalized spacial score (nSPS) is 24.8. The van der Waals surface area contributed by atoms with Gasteiger partial charge in [0.2, 0.25) is 5.88 Å². The van der Waals surface area contributed by atoms with Crippen LogP contribution in [0.25, 0.3) is 32.9 Å². The van der Waals surface area contributed by atoms with E-state index in [0.717, 1.165) is 56.5 Å². The van der Waals surface area contributed by atoms with Crippen molar-refractivity contribution in [3.8, 4) is 17.0 Å². The summed E-state index contributed by atoms with van der Waals surface area (Å²) in [6.45, 7) is 4.17. The quantitative estimate of drug-likeness (QED) is 0.287. The lowest BCUT2D eigenvalue weighted by molar-refractivity contribution is -0.112. The standard InChI is InChI=1S/C31H36N4O4/c1-35-29-6-7-32-18-28(29)27-4-2-21(12-30(27)35)22-3-5-31(34-15-22)39-25-13-24(14-25)38-19-20-10-23(11-20)36-8-9-37-26-16-33-17-26/h2-7,12,15,18,20,23-26,33H,8-11,13-14,16-17,19H2,1H3. The molecule has 2 aliphatic carbocycles. The number of aryl methyl sites for hydroxylation is 1. The Morgan fingerprint density at radius 3 is 2.36 bits per heavy atom. The van der Waals surface area contributed by atoms with Gasteiger partial charge in [-0.3, -0.25) is 4.98 Å². The number of fused-ring (bicyclic) bond motifs is 3. The first-order valence-corrected chi connectivity index (χ1v) is 14.2. The molecule has 3 aromatic heterocycles. The minimum atomic E-state index is 0.178. The van der Waals surface area contributed by atoms with E-state index in [1.807, 2.05) is 24.7 Å². The molecule has 8 heteroatoms. The first-order chi connectivity index (χ1) is 19.2. The number of rotatable bonds is 11. The molecule has 0 radical (unpaired) electrons. The van der Waals surface area contributed by atoms with Crippen LogP contribution in [0.4, 0.5) is 0 Å². The molecule has 7 rings (SSSR count). The molecule has 4 heterocycles. The maximum Gasteiger partial charge on any atom is 0.213 e. The van der Waals surface area contributed by atoms with Gasteiger partial charge in [0.15, 0.2) is 0 Å². The van der Waals surface area contributed by atoms with Gasteiger partial charge in [-0.2, -0.15) is 0 Å². The van der Waals surface area contributed by atoms with E-state index in [-0.39, 0.29) is 6.10 Å². The molecule has 204 valence electrons. The number of ether oxygens (including phenoxy) is 4. The van der Waals surface area contributed by atoms with E-state index < -0.39 is 0 Å². The minimum Gasteiger partial charge on any atom is -0.474 e. The SMILES string of the molecule is Cn1c2ccncc2c2ccc(-c3ccc(OC4CC(OCC5CC(OCCOC6CNC6)C5)C4)nc3)cc21. The zero-order chi connectivity index (χ0) is 26.2. The summed E-state index contributed by atoms with van der Waals surface area (Å²) in [4.78, 5) is 8.89. The Morgan fingerprint density at radius 2 is 1.59 bits per heavy atom. The molecule has 0 amide bonds. The second kappa shape index (κ2) is 10.8. The maximum atomic E-state index is 6.13. The Morgan fingerprint density at radius 1 is 0.795 bits per heavy atom. The molecule has 0 atom stereocenters. The van der Waals surface area contributed by atoms with Crippen LogP contribution >= 0.6 is 0 Å². The molecular formula is C31H36N4O4. The highest BCUT2D eigenvalue weighted by molar-refractivity contribution is 6.08. The maximum absolute atomic E-state index is 6.13. The van der Waals surface area contributed by atoms with Crippen molar-refractivity contribution in [3.05, 3.63) is 55.0 Å². The van der Waals surface area contributed by atoms with E-state index in [1.54, 1.807) is 0 Å². The number of nitrogens with one attached hydrogen (secondary N) is 1. The van der Waals surface area contributed by atoms with Crippen LogP contribution in [-0.2, 0) is 21.3 Å². The van der Waals surface area contributed by atoms with Gasteiger partial charge in [0, 0.05) is 86.1 Å². The fourth-order valence-electron chi connectivity index (χ4n) is 5.80. The van der Waals surface area contributed by atoms with E-state index in [1.165, 1.54) is 21.8 Å². The van der Waals surface area contributed by atoms with Crippen LogP contribution in [-0.4, -0.2) is 71.9 Å². The molecule has 1 aromatic carbocycles. The summed E-state index contributed by atoms with van der Waals surface area (Å²) < 4.78 is 26.1. The molecule has 2 saturated carbocycles. The van der Waals surface area contributed by atoms with Gasteiger partial charge in [-0.25, -0.2) is 4.98 Å². The lowest BCUT2D eigenvalue weighted by atomic mass is 9.82. The Balaban J connectivity index is 0.835. The second-order valence-corrected chi connectivity index (χ2v) is 11.2. The molecule has 0 unspecified atom stereocenters. The van der Waals surface area contributed by atoms with Gasteiger partial charge >= 0.3 is 0 Å². The molecule has 4 aromatic rings. The molecular weight excluding hydrogens is 492 g/mol.